The van der Waals surface area contributed by atoms with Crippen molar-refractivity contribution in [1.29, 1.82) is 5.41 Å². The molecule has 0 saturated heterocycles. The lowest BCUT2D eigenvalue weighted by atomic mass is 10.1. The zero-order chi connectivity index (χ0) is 21.8. The van der Waals surface area contributed by atoms with Gasteiger partial charge in [-0.3, -0.25) is 9.98 Å². The molecule has 0 aliphatic carbocycles. The molecule has 0 bridgehead atoms. The molecule has 7 nitrogen and oxygen atoms in total. The third-order valence-corrected chi connectivity index (χ3v) is 4.90. The Morgan fingerprint density at radius 2 is 1.90 bits per heavy atom. The summed E-state index contributed by atoms with van der Waals surface area (Å²) in [6.45, 7) is -0.0238. The number of fused-ring (bicyclic) bond motifs is 1. The number of nitrogens with zero attached hydrogens (tertiary/aromatic N) is 6. The Balaban J connectivity index is 1.73. The summed E-state index contributed by atoms with van der Waals surface area (Å²) in [6.07, 6.45) is -2.27. The van der Waals surface area contributed by atoms with Crippen LogP contribution in [0, 0.1) is 11.2 Å². The molecule has 0 fully saturated rings. The minimum absolute atomic E-state index is 0.00655. The molecule has 156 valence electrons. The number of aromatic nitrogens is 6. The van der Waals surface area contributed by atoms with E-state index >= 15 is 0 Å². The number of aryl methyl sites for hydroxylation is 2. The molecule has 0 saturated carbocycles. The van der Waals surface area contributed by atoms with E-state index in [1.807, 2.05) is 0 Å². The van der Waals surface area contributed by atoms with Gasteiger partial charge in [0, 0.05) is 31.4 Å². The monoisotopic (exact) mass is 439 g/mol. The van der Waals surface area contributed by atoms with Gasteiger partial charge in [0.1, 0.15) is 17.2 Å². The van der Waals surface area contributed by atoms with Crippen LogP contribution in [0.5, 0.6) is 0 Å². The van der Waals surface area contributed by atoms with E-state index in [9.17, 15) is 17.6 Å². The van der Waals surface area contributed by atoms with Gasteiger partial charge in [-0.05, 0) is 17.7 Å². The smallest absolute Gasteiger partial charge is 0.333 e. The number of benzene rings is 1. The molecule has 0 amide bonds. The third kappa shape index (κ3) is 3.34. The van der Waals surface area contributed by atoms with Crippen LogP contribution < -0.4 is 5.62 Å². The first-order chi connectivity index (χ1) is 14.1. The Morgan fingerprint density at radius 3 is 2.53 bits per heavy atom. The fraction of sp³-hybridized carbons (Fsp3) is 0.222. The number of alkyl halides is 3. The Kier molecular flexibility index (Phi) is 4.64. The first kappa shape index (κ1) is 20.1. The van der Waals surface area contributed by atoms with E-state index in [0.717, 1.165) is 12.3 Å². The molecule has 0 spiro atoms. The average molecular weight is 440 g/mol. The maximum Gasteiger partial charge on any atom is 0.434 e. The van der Waals surface area contributed by atoms with Crippen molar-refractivity contribution in [2.45, 2.75) is 12.7 Å². The highest BCUT2D eigenvalue weighted by atomic mass is 35.5. The summed E-state index contributed by atoms with van der Waals surface area (Å²) in [7, 11) is 3.06. The molecule has 1 N–H and O–H groups in total. The number of hydrogen-bond acceptors (Lipinski definition) is 4. The third-order valence-electron chi connectivity index (χ3n) is 4.72. The zero-order valence-electron chi connectivity index (χ0n) is 15.7. The van der Waals surface area contributed by atoms with Crippen LogP contribution in [-0.2, 0) is 26.8 Å². The van der Waals surface area contributed by atoms with Crippen molar-refractivity contribution in [3.05, 3.63) is 58.6 Å². The maximum atomic E-state index is 14.8. The Hall–Kier alpha value is -3.21. The summed E-state index contributed by atoms with van der Waals surface area (Å²) in [6, 6.07) is 4.05. The molecule has 0 atom stereocenters. The molecule has 12 heteroatoms. The van der Waals surface area contributed by atoms with Crippen molar-refractivity contribution >= 4 is 22.8 Å². The maximum absolute atomic E-state index is 14.8. The molecule has 3 aromatic heterocycles. The molecule has 1 aromatic carbocycles. The van der Waals surface area contributed by atoms with Crippen LogP contribution in [0.3, 0.4) is 0 Å². The van der Waals surface area contributed by atoms with Gasteiger partial charge < -0.3 is 9.13 Å². The molecule has 0 unspecified atom stereocenters. The zero-order valence-corrected chi connectivity index (χ0v) is 16.4. The first-order valence-electron chi connectivity index (χ1n) is 8.58. The Bertz CT molecular complexity index is 1330. The first-order valence-corrected chi connectivity index (χ1v) is 8.95. The summed E-state index contributed by atoms with van der Waals surface area (Å²) in [5, 5.41) is 8.25. The van der Waals surface area contributed by atoms with Crippen molar-refractivity contribution in [3.63, 3.8) is 0 Å². The van der Waals surface area contributed by atoms with E-state index in [1.54, 1.807) is 7.05 Å². The van der Waals surface area contributed by atoms with Gasteiger partial charge in [-0.15, -0.1) is 0 Å². The highest BCUT2D eigenvalue weighted by Gasteiger charge is 2.34. The molecular weight excluding hydrogens is 426 g/mol. The minimum atomic E-state index is -4.59. The number of nitrogens with one attached hydrogen (secondary N) is 1. The second-order valence-corrected chi connectivity index (χ2v) is 7.02. The van der Waals surface area contributed by atoms with E-state index in [-0.39, 0.29) is 34.4 Å². The predicted molar refractivity (Wildman–Crippen MR) is 100 cm³/mol. The van der Waals surface area contributed by atoms with E-state index in [2.05, 4.69) is 15.0 Å². The number of halogens is 5. The van der Waals surface area contributed by atoms with Gasteiger partial charge in [-0.1, -0.05) is 12.1 Å². The second-order valence-electron chi connectivity index (χ2n) is 6.68. The fourth-order valence-corrected chi connectivity index (χ4v) is 3.31. The van der Waals surface area contributed by atoms with Crippen LogP contribution in [0.4, 0.5) is 17.6 Å². The summed E-state index contributed by atoms with van der Waals surface area (Å²) < 4.78 is 57.7. The van der Waals surface area contributed by atoms with Gasteiger partial charge in [0.2, 0.25) is 10.9 Å². The van der Waals surface area contributed by atoms with Crippen molar-refractivity contribution < 1.29 is 17.6 Å². The average Bonchev–Trinajstić information content (AvgIpc) is 3.17. The van der Waals surface area contributed by atoms with Gasteiger partial charge in [0.15, 0.2) is 11.3 Å². The highest BCUT2D eigenvalue weighted by molar-refractivity contribution is 6.28. The SMILES string of the molecule is Cn1cc(C(F)(F)F)nc1-c1ccc(Cn2c(=N)n(C)c3cnc(Cl)nc32)c(F)c1. The quantitative estimate of drug-likeness (QED) is 0.392. The van der Waals surface area contributed by atoms with Crippen LogP contribution in [0.25, 0.3) is 22.6 Å². The summed E-state index contributed by atoms with van der Waals surface area (Å²) >= 11 is 5.85. The van der Waals surface area contributed by atoms with Crippen molar-refractivity contribution in [2.75, 3.05) is 0 Å². The Labute approximate surface area is 171 Å². The minimum Gasteiger partial charge on any atom is -0.333 e. The van der Waals surface area contributed by atoms with E-state index in [1.165, 1.54) is 39.1 Å². The summed E-state index contributed by atoms with van der Waals surface area (Å²) in [5.74, 6) is -0.653. The number of hydrogen-bond donors (Lipinski definition) is 1. The van der Waals surface area contributed by atoms with Crippen LogP contribution in [-0.4, -0.2) is 28.7 Å². The lowest BCUT2D eigenvalue weighted by Crippen LogP contribution is -2.23. The number of rotatable bonds is 3. The van der Waals surface area contributed by atoms with Crippen LogP contribution >= 0.6 is 11.6 Å². The molecule has 3 heterocycles. The fourth-order valence-electron chi connectivity index (χ4n) is 3.18. The van der Waals surface area contributed by atoms with Crippen molar-refractivity contribution in [2.24, 2.45) is 14.1 Å². The van der Waals surface area contributed by atoms with Gasteiger partial charge in [-0.2, -0.15) is 18.2 Å². The van der Waals surface area contributed by atoms with Gasteiger partial charge in [0.25, 0.3) is 0 Å². The molecule has 4 aromatic rings. The van der Waals surface area contributed by atoms with Gasteiger partial charge in [0.05, 0.1) is 12.7 Å². The van der Waals surface area contributed by atoms with Crippen molar-refractivity contribution in [1.82, 2.24) is 28.7 Å². The van der Waals surface area contributed by atoms with Crippen LogP contribution in [0.15, 0.2) is 30.6 Å². The normalized spacial score (nSPS) is 12.1. The topological polar surface area (TPSA) is 77.3 Å². The molecule has 0 radical (unpaired) electrons. The van der Waals surface area contributed by atoms with E-state index in [0.29, 0.717) is 11.2 Å². The largest absolute Gasteiger partial charge is 0.434 e. The lowest BCUT2D eigenvalue weighted by Gasteiger charge is -2.08. The highest BCUT2D eigenvalue weighted by Crippen LogP contribution is 2.31. The lowest BCUT2D eigenvalue weighted by molar-refractivity contribution is -0.140. The van der Waals surface area contributed by atoms with Gasteiger partial charge in [-0.25, -0.2) is 14.4 Å². The standard InChI is InChI=1S/C18H14ClF4N7/c1-28-8-13(18(21,22)23)26-14(28)9-3-4-10(11(20)5-9)7-30-15-12(29(2)17(30)24)6-25-16(19)27-15/h3-6,8,24H,7H2,1-2H3. The predicted octanol–water partition coefficient (Wildman–Crippen LogP) is 3.51. The van der Waals surface area contributed by atoms with E-state index < -0.39 is 17.7 Å². The molecular formula is C18H14ClF4N7. The van der Waals surface area contributed by atoms with Crippen LogP contribution in [0.1, 0.15) is 11.3 Å². The second kappa shape index (κ2) is 6.94. The molecule has 4 rings (SSSR count). The van der Waals surface area contributed by atoms with Crippen molar-refractivity contribution in [3.8, 4) is 11.4 Å². The molecule has 0 aliphatic rings. The summed E-state index contributed by atoms with van der Waals surface area (Å²) in [4.78, 5) is 11.6. The summed E-state index contributed by atoms with van der Waals surface area (Å²) in [5.41, 5.74) is 0.354. The Morgan fingerprint density at radius 1 is 1.17 bits per heavy atom. The van der Waals surface area contributed by atoms with Crippen LogP contribution in [0.2, 0.25) is 5.28 Å². The molecule has 0 aliphatic heterocycles. The van der Waals surface area contributed by atoms with E-state index in [4.69, 9.17) is 17.0 Å². The molecule has 30 heavy (non-hydrogen) atoms. The van der Waals surface area contributed by atoms with Gasteiger partial charge >= 0.3 is 6.18 Å². The number of imidazole rings is 2.